The predicted octanol–water partition coefficient (Wildman–Crippen LogP) is 2.16. The molecule has 1 aliphatic heterocycles. The Morgan fingerprint density at radius 3 is 2.52 bits per heavy atom. The molecule has 1 amide bonds. The molecule has 0 spiro atoms. The summed E-state index contributed by atoms with van der Waals surface area (Å²) in [5.41, 5.74) is 1.05. The SMILES string of the molecule is CC(Cc1ccc(Cl)cc1)C(=O)N(C)C1CCS(=O)(=O)C1. The summed E-state index contributed by atoms with van der Waals surface area (Å²) in [5.74, 6) is 0.0792. The Morgan fingerprint density at radius 2 is 2.00 bits per heavy atom. The molecular formula is C15H20ClNO3S. The van der Waals surface area contributed by atoms with Crippen molar-refractivity contribution in [1.29, 1.82) is 0 Å². The minimum Gasteiger partial charge on any atom is -0.341 e. The molecule has 0 saturated carbocycles. The molecule has 0 radical (unpaired) electrons. The van der Waals surface area contributed by atoms with Gasteiger partial charge in [-0.1, -0.05) is 30.7 Å². The van der Waals surface area contributed by atoms with Gasteiger partial charge in [-0.25, -0.2) is 8.42 Å². The van der Waals surface area contributed by atoms with E-state index in [1.54, 1.807) is 24.1 Å². The average Bonchev–Trinajstić information content (AvgIpc) is 2.80. The summed E-state index contributed by atoms with van der Waals surface area (Å²) in [4.78, 5) is 14.0. The Hall–Kier alpha value is -1.07. The molecule has 2 rings (SSSR count). The van der Waals surface area contributed by atoms with Crippen LogP contribution in [-0.4, -0.2) is 43.8 Å². The van der Waals surface area contributed by atoms with Gasteiger partial charge in [-0.15, -0.1) is 0 Å². The zero-order valence-electron chi connectivity index (χ0n) is 12.3. The minimum absolute atomic E-state index is 0.00736. The second-order valence-electron chi connectivity index (χ2n) is 5.74. The lowest BCUT2D eigenvalue weighted by molar-refractivity contribution is -0.135. The first kappa shape index (κ1) is 16.3. The van der Waals surface area contributed by atoms with Crippen LogP contribution in [0.15, 0.2) is 24.3 Å². The maximum atomic E-state index is 12.4. The average molecular weight is 330 g/mol. The molecule has 4 nitrogen and oxygen atoms in total. The molecule has 1 aliphatic rings. The first-order valence-corrected chi connectivity index (χ1v) is 9.20. The molecule has 116 valence electrons. The Labute approximate surface area is 131 Å². The van der Waals surface area contributed by atoms with Gasteiger partial charge in [0.2, 0.25) is 5.91 Å². The van der Waals surface area contributed by atoms with Crippen molar-refractivity contribution in [3.8, 4) is 0 Å². The summed E-state index contributed by atoms with van der Waals surface area (Å²) in [6, 6.07) is 7.25. The van der Waals surface area contributed by atoms with Crippen LogP contribution in [0.3, 0.4) is 0 Å². The lowest BCUT2D eigenvalue weighted by Gasteiger charge is -2.26. The van der Waals surface area contributed by atoms with Crippen molar-refractivity contribution in [2.45, 2.75) is 25.8 Å². The van der Waals surface area contributed by atoms with Crippen LogP contribution in [0.5, 0.6) is 0 Å². The van der Waals surface area contributed by atoms with Crippen molar-refractivity contribution >= 4 is 27.3 Å². The third-order valence-corrected chi connectivity index (χ3v) is 5.98. The maximum absolute atomic E-state index is 12.4. The number of sulfone groups is 1. The number of hydrogen-bond acceptors (Lipinski definition) is 3. The van der Waals surface area contributed by atoms with Crippen LogP contribution in [0.25, 0.3) is 0 Å². The normalized spacial score (nSPS) is 22.0. The minimum atomic E-state index is -2.97. The number of halogens is 1. The van der Waals surface area contributed by atoms with Crippen LogP contribution in [0, 0.1) is 5.92 Å². The zero-order chi connectivity index (χ0) is 15.6. The first-order chi connectivity index (χ1) is 9.78. The number of carbonyl (C=O) groups excluding carboxylic acids is 1. The molecule has 0 N–H and O–H groups in total. The van der Waals surface area contributed by atoms with Crippen molar-refractivity contribution in [2.24, 2.45) is 5.92 Å². The number of benzene rings is 1. The summed E-state index contributed by atoms with van der Waals surface area (Å²) in [5, 5.41) is 0.672. The number of rotatable bonds is 4. The van der Waals surface area contributed by atoms with Gasteiger partial charge in [0.1, 0.15) is 0 Å². The lowest BCUT2D eigenvalue weighted by atomic mass is 9.99. The fourth-order valence-electron chi connectivity index (χ4n) is 2.67. The Kier molecular flexibility index (Phi) is 4.94. The van der Waals surface area contributed by atoms with Crippen LogP contribution >= 0.6 is 11.6 Å². The van der Waals surface area contributed by atoms with E-state index in [0.29, 0.717) is 17.9 Å². The van der Waals surface area contributed by atoms with Crippen molar-refractivity contribution in [3.63, 3.8) is 0 Å². The fourth-order valence-corrected chi connectivity index (χ4v) is 4.57. The summed E-state index contributed by atoms with van der Waals surface area (Å²) >= 11 is 5.84. The molecule has 1 saturated heterocycles. The number of carbonyl (C=O) groups is 1. The van der Waals surface area contributed by atoms with Gasteiger partial charge in [0.05, 0.1) is 11.5 Å². The van der Waals surface area contributed by atoms with Crippen LogP contribution in [0.1, 0.15) is 18.9 Å². The number of nitrogens with zero attached hydrogens (tertiary/aromatic N) is 1. The van der Waals surface area contributed by atoms with Crippen LogP contribution in [-0.2, 0) is 21.1 Å². The van der Waals surface area contributed by atoms with E-state index in [4.69, 9.17) is 11.6 Å². The highest BCUT2D eigenvalue weighted by Crippen LogP contribution is 2.20. The van der Waals surface area contributed by atoms with Gasteiger partial charge >= 0.3 is 0 Å². The molecule has 1 aromatic rings. The van der Waals surface area contributed by atoms with E-state index >= 15 is 0 Å². The second kappa shape index (κ2) is 6.36. The smallest absolute Gasteiger partial charge is 0.225 e. The van der Waals surface area contributed by atoms with Crippen molar-refractivity contribution in [2.75, 3.05) is 18.6 Å². The van der Waals surface area contributed by atoms with E-state index in [1.807, 2.05) is 19.1 Å². The van der Waals surface area contributed by atoms with E-state index < -0.39 is 9.84 Å². The maximum Gasteiger partial charge on any atom is 0.225 e. The molecule has 1 fully saturated rings. The summed E-state index contributed by atoms with van der Waals surface area (Å²) in [6.45, 7) is 1.87. The fraction of sp³-hybridized carbons (Fsp3) is 0.533. The van der Waals surface area contributed by atoms with Crippen molar-refractivity contribution in [1.82, 2.24) is 4.90 Å². The largest absolute Gasteiger partial charge is 0.341 e. The van der Waals surface area contributed by atoms with Gasteiger partial charge in [0.15, 0.2) is 9.84 Å². The van der Waals surface area contributed by atoms with E-state index in [2.05, 4.69) is 0 Å². The third kappa shape index (κ3) is 4.20. The standard InChI is InChI=1S/C15H20ClNO3S/c1-11(9-12-3-5-13(16)6-4-12)15(18)17(2)14-7-8-21(19,20)10-14/h3-6,11,14H,7-10H2,1-2H3. The van der Waals surface area contributed by atoms with Crippen LogP contribution in [0.2, 0.25) is 5.02 Å². The molecular weight excluding hydrogens is 310 g/mol. The van der Waals surface area contributed by atoms with E-state index in [9.17, 15) is 13.2 Å². The highest BCUT2D eigenvalue weighted by molar-refractivity contribution is 7.91. The summed E-state index contributed by atoms with van der Waals surface area (Å²) in [7, 11) is -1.27. The third-order valence-electron chi connectivity index (χ3n) is 3.98. The second-order valence-corrected chi connectivity index (χ2v) is 8.40. The highest BCUT2D eigenvalue weighted by Gasteiger charge is 2.33. The van der Waals surface area contributed by atoms with Crippen LogP contribution in [0.4, 0.5) is 0 Å². The van der Waals surface area contributed by atoms with E-state index in [1.165, 1.54) is 0 Å². The van der Waals surface area contributed by atoms with Gasteiger partial charge in [-0.3, -0.25) is 4.79 Å². The first-order valence-electron chi connectivity index (χ1n) is 7.00. The molecule has 1 heterocycles. The Balaban J connectivity index is 1.97. The monoisotopic (exact) mass is 329 g/mol. The topological polar surface area (TPSA) is 54.5 Å². The van der Waals surface area contributed by atoms with E-state index in [-0.39, 0.29) is 29.4 Å². The van der Waals surface area contributed by atoms with E-state index in [0.717, 1.165) is 5.56 Å². The van der Waals surface area contributed by atoms with Gasteiger partial charge in [-0.2, -0.15) is 0 Å². The predicted molar refractivity (Wildman–Crippen MR) is 84.1 cm³/mol. The van der Waals surface area contributed by atoms with Crippen molar-refractivity contribution < 1.29 is 13.2 Å². The summed E-state index contributed by atoms with van der Waals surface area (Å²) < 4.78 is 23.0. The number of hydrogen-bond donors (Lipinski definition) is 0. The van der Waals surface area contributed by atoms with Gasteiger partial charge in [-0.05, 0) is 30.5 Å². The highest BCUT2D eigenvalue weighted by atomic mass is 35.5. The molecule has 2 atom stereocenters. The number of amides is 1. The molecule has 2 unspecified atom stereocenters. The van der Waals surface area contributed by atoms with Gasteiger partial charge < -0.3 is 4.90 Å². The molecule has 0 aromatic heterocycles. The molecule has 6 heteroatoms. The van der Waals surface area contributed by atoms with Crippen molar-refractivity contribution in [3.05, 3.63) is 34.9 Å². The van der Waals surface area contributed by atoms with Gasteiger partial charge in [0, 0.05) is 24.0 Å². The summed E-state index contributed by atoms with van der Waals surface area (Å²) in [6.07, 6.45) is 1.16. The quantitative estimate of drug-likeness (QED) is 0.850. The molecule has 0 aliphatic carbocycles. The Morgan fingerprint density at radius 1 is 1.38 bits per heavy atom. The zero-order valence-corrected chi connectivity index (χ0v) is 13.8. The van der Waals surface area contributed by atoms with Gasteiger partial charge in [0.25, 0.3) is 0 Å². The molecule has 1 aromatic carbocycles. The molecule has 0 bridgehead atoms. The molecule has 21 heavy (non-hydrogen) atoms. The van der Waals surface area contributed by atoms with Crippen LogP contribution < -0.4 is 0 Å². The Bertz CT molecular complexity index is 612. The lowest BCUT2D eigenvalue weighted by Crippen LogP contribution is -2.41.